The van der Waals surface area contributed by atoms with Crippen LogP contribution in [0.4, 0.5) is 32.0 Å². The van der Waals surface area contributed by atoms with Gasteiger partial charge in [0, 0.05) is 25.6 Å². The van der Waals surface area contributed by atoms with Crippen LogP contribution in [0.25, 0.3) is 0 Å². The van der Waals surface area contributed by atoms with E-state index in [1.165, 1.54) is 23.1 Å². The van der Waals surface area contributed by atoms with Crippen LogP contribution in [-0.4, -0.2) is 65.6 Å². The molecule has 0 saturated heterocycles. The predicted octanol–water partition coefficient (Wildman–Crippen LogP) is 8.36. The zero-order valence-electron chi connectivity index (χ0n) is 30.1. The molecule has 4 aromatic rings. The molecule has 1 aliphatic rings. The Bertz CT molecular complexity index is 1920. The van der Waals surface area contributed by atoms with Crippen molar-refractivity contribution in [1.29, 1.82) is 0 Å². The van der Waals surface area contributed by atoms with Crippen LogP contribution in [0.15, 0.2) is 84.9 Å². The number of carbonyl (C=O) groups excluding carboxylic acids is 2. The van der Waals surface area contributed by atoms with Gasteiger partial charge in [-0.15, -0.1) is 0 Å². The van der Waals surface area contributed by atoms with Crippen LogP contribution in [0, 0.1) is 12.8 Å². The lowest BCUT2D eigenvalue weighted by molar-refractivity contribution is -0.143. The molecule has 54 heavy (non-hydrogen) atoms. The van der Waals surface area contributed by atoms with Crippen molar-refractivity contribution in [1.82, 2.24) is 9.80 Å². The lowest BCUT2D eigenvalue weighted by atomic mass is 9.98. The van der Waals surface area contributed by atoms with E-state index in [1.807, 2.05) is 74.3 Å². The number of aliphatic hydroxyl groups is 1. The summed E-state index contributed by atoms with van der Waals surface area (Å²) in [4.78, 5) is 30.6. The molecular formula is C40H41F6N3O5. The highest BCUT2D eigenvalue weighted by molar-refractivity contribution is 6.02. The first kappa shape index (κ1) is 40.1. The van der Waals surface area contributed by atoms with Crippen molar-refractivity contribution in [2.24, 2.45) is 5.92 Å². The molecule has 0 spiro atoms. The number of hydrogen-bond donors (Lipinski definition) is 2. The summed E-state index contributed by atoms with van der Waals surface area (Å²) >= 11 is 0. The molecule has 0 bridgehead atoms. The maximum atomic E-state index is 13.8. The second-order valence-corrected chi connectivity index (χ2v) is 13.7. The van der Waals surface area contributed by atoms with Crippen molar-refractivity contribution in [3.63, 3.8) is 0 Å². The van der Waals surface area contributed by atoms with E-state index < -0.39 is 59.4 Å². The Balaban J connectivity index is 1.38. The molecule has 1 heterocycles. The summed E-state index contributed by atoms with van der Waals surface area (Å²) in [6.07, 6.45) is -11.6. The van der Waals surface area contributed by atoms with Gasteiger partial charge in [-0.05, 0) is 86.1 Å². The van der Waals surface area contributed by atoms with Crippen LogP contribution in [0.3, 0.4) is 0 Å². The summed E-state index contributed by atoms with van der Waals surface area (Å²) in [5.41, 5.74) is -1.52. The molecule has 5 rings (SSSR count). The number of fused-ring (bicyclic) bond motifs is 1. The third kappa shape index (κ3) is 9.91. The number of para-hydroxylation sites is 2. The fourth-order valence-corrected chi connectivity index (χ4v) is 6.21. The van der Waals surface area contributed by atoms with Crippen LogP contribution in [0.5, 0.6) is 17.2 Å². The minimum Gasteiger partial charge on any atom is -0.486 e. The molecule has 288 valence electrons. The number of aliphatic hydroxyl groups excluding tert-OH is 1. The maximum Gasteiger partial charge on any atom is 0.416 e. The Morgan fingerprint density at radius 2 is 1.61 bits per heavy atom. The van der Waals surface area contributed by atoms with Gasteiger partial charge >= 0.3 is 12.4 Å². The molecule has 1 unspecified atom stereocenters. The Kier molecular flexibility index (Phi) is 12.3. The number of likely N-dealkylation sites (N-methyl/N-ethyl adjacent to an activating group) is 1. The van der Waals surface area contributed by atoms with Gasteiger partial charge in [-0.25, -0.2) is 0 Å². The third-order valence-corrected chi connectivity index (χ3v) is 9.17. The smallest absolute Gasteiger partial charge is 0.416 e. The molecular weight excluding hydrogens is 716 g/mol. The minimum atomic E-state index is -5.08. The van der Waals surface area contributed by atoms with Crippen molar-refractivity contribution in [2.45, 2.75) is 58.2 Å². The largest absolute Gasteiger partial charge is 0.486 e. The number of aryl methyl sites for hydroxylation is 1. The normalized spacial score (nSPS) is 17.0. The maximum absolute atomic E-state index is 13.8. The topological polar surface area (TPSA) is 91.3 Å². The minimum absolute atomic E-state index is 0.00535. The summed E-state index contributed by atoms with van der Waals surface area (Å²) in [6.45, 7) is 6.31. The first-order valence-electron chi connectivity index (χ1n) is 17.2. The van der Waals surface area contributed by atoms with Gasteiger partial charge < -0.3 is 24.8 Å². The van der Waals surface area contributed by atoms with Gasteiger partial charge in [0.15, 0.2) is 5.75 Å². The summed E-state index contributed by atoms with van der Waals surface area (Å²) in [7, 11) is 1.89. The van der Waals surface area contributed by atoms with E-state index in [4.69, 9.17) is 9.47 Å². The van der Waals surface area contributed by atoms with Crippen molar-refractivity contribution in [3.8, 4) is 17.2 Å². The van der Waals surface area contributed by atoms with Gasteiger partial charge in [0.05, 0.1) is 41.4 Å². The molecule has 0 aliphatic carbocycles. The van der Waals surface area contributed by atoms with Gasteiger partial charge in [-0.3, -0.25) is 14.5 Å². The van der Waals surface area contributed by atoms with E-state index in [0.717, 1.165) is 16.9 Å². The van der Waals surface area contributed by atoms with E-state index >= 15 is 0 Å². The third-order valence-electron chi connectivity index (χ3n) is 9.17. The van der Waals surface area contributed by atoms with Crippen molar-refractivity contribution in [2.75, 3.05) is 32.1 Å². The van der Waals surface area contributed by atoms with E-state index in [1.54, 1.807) is 6.92 Å². The number of ether oxygens (including phenoxy) is 2. The molecule has 1 aliphatic heterocycles. The monoisotopic (exact) mass is 757 g/mol. The van der Waals surface area contributed by atoms with E-state index in [-0.39, 0.29) is 42.1 Å². The van der Waals surface area contributed by atoms with Crippen LogP contribution in [-0.2, 0) is 30.1 Å². The van der Waals surface area contributed by atoms with Crippen molar-refractivity contribution in [3.05, 3.63) is 118 Å². The van der Waals surface area contributed by atoms with Crippen LogP contribution < -0.4 is 14.8 Å². The van der Waals surface area contributed by atoms with Gasteiger partial charge in [0.2, 0.25) is 5.91 Å². The lowest BCUT2D eigenvalue weighted by Crippen LogP contribution is -2.49. The highest BCUT2D eigenvalue weighted by Crippen LogP contribution is 2.38. The zero-order valence-corrected chi connectivity index (χ0v) is 30.1. The number of carbonyl (C=O) groups is 2. The molecule has 8 nitrogen and oxygen atoms in total. The van der Waals surface area contributed by atoms with E-state index in [2.05, 4.69) is 5.32 Å². The predicted molar refractivity (Wildman–Crippen MR) is 190 cm³/mol. The molecule has 0 fully saturated rings. The molecule has 0 aromatic heterocycles. The number of hydrogen-bond acceptors (Lipinski definition) is 6. The van der Waals surface area contributed by atoms with E-state index in [9.17, 15) is 41.0 Å². The van der Waals surface area contributed by atoms with Crippen molar-refractivity contribution < 1.29 is 50.5 Å². The quantitative estimate of drug-likeness (QED) is 0.150. The van der Waals surface area contributed by atoms with Crippen LogP contribution in [0.2, 0.25) is 0 Å². The number of nitrogens with one attached hydrogen (secondary N) is 1. The number of benzene rings is 4. The molecule has 0 radical (unpaired) electrons. The molecule has 0 saturated carbocycles. The van der Waals surface area contributed by atoms with E-state index in [0.29, 0.717) is 31.0 Å². The number of rotatable bonds is 11. The number of alkyl halides is 6. The standard InChI is InChI=1S/C40H41F6N3O5/c1-24-8-5-6-11-34(24)53-31-14-12-27(13-15-31)21-48(4)22-35-25(2)20-49(26(3)23-50)38(52)32-9-7-10-33(37(32)54-35)47-36(51)18-28-16-29(39(41,42)43)19-30(17-28)40(44,45)46/h5-17,19,25-26,35,50H,18,20-23H2,1-4H3,(H,47,51)/t25-,26?,35-/m1/s1. The van der Waals surface area contributed by atoms with Crippen molar-refractivity contribution >= 4 is 17.5 Å². The first-order valence-corrected chi connectivity index (χ1v) is 17.2. The average molecular weight is 758 g/mol. The number of amides is 2. The second-order valence-electron chi connectivity index (χ2n) is 13.7. The lowest BCUT2D eigenvalue weighted by Gasteiger charge is -2.38. The highest BCUT2D eigenvalue weighted by Gasteiger charge is 2.38. The van der Waals surface area contributed by atoms with Gasteiger partial charge in [0.25, 0.3) is 5.91 Å². The Hall–Kier alpha value is -5.08. The first-order chi connectivity index (χ1) is 25.4. The van der Waals surface area contributed by atoms with Gasteiger partial charge in [0.1, 0.15) is 17.6 Å². The second kappa shape index (κ2) is 16.5. The number of halogens is 6. The summed E-state index contributed by atoms with van der Waals surface area (Å²) in [5.74, 6) is -0.279. The fraction of sp³-hybridized carbons (Fsp3) is 0.350. The summed E-state index contributed by atoms with van der Waals surface area (Å²) in [5, 5.41) is 12.5. The Labute approximate surface area is 309 Å². The van der Waals surface area contributed by atoms with Gasteiger partial charge in [-0.1, -0.05) is 43.3 Å². The fourth-order valence-electron chi connectivity index (χ4n) is 6.21. The summed E-state index contributed by atoms with van der Waals surface area (Å²) < 4.78 is 93.3. The molecule has 3 atom stereocenters. The van der Waals surface area contributed by atoms with Gasteiger partial charge in [-0.2, -0.15) is 26.3 Å². The molecule has 2 amide bonds. The molecule has 14 heteroatoms. The Morgan fingerprint density at radius 3 is 2.22 bits per heavy atom. The SMILES string of the molecule is Cc1ccccc1Oc1ccc(CN(C)C[C@H]2Oc3c(NC(=O)Cc4cc(C(F)(F)F)cc(C(F)(F)F)c4)cccc3C(=O)N(C(C)CO)C[C@H]2C)cc1. The average Bonchev–Trinajstić information content (AvgIpc) is 3.10. The molecule has 2 N–H and O–H groups in total. The number of nitrogens with zero attached hydrogens (tertiary/aromatic N) is 2. The number of anilines is 1. The Morgan fingerprint density at radius 1 is 0.963 bits per heavy atom. The van der Waals surface area contributed by atoms with Crippen LogP contribution >= 0.6 is 0 Å². The highest BCUT2D eigenvalue weighted by atomic mass is 19.4. The zero-order chi connectivity index (χ0) is 39.4. The molecule has 4 aromatic carbocycles. The van der Waals surface area contributed by atoms with Crippen LogP contribution in [0.1, 0.15) is 52.0 Å². The summed E-state index contributed by atoms with van der Waals surface area (Å²) in [6, 6.07) is 20.1.